The molecule has 3 aromatic rings. The molecule has 0 bridgehead atoms. The van der Waals surface area contributed by atoms with Gasteiger partial charge in [-0.3, -0.25) is 9.59 Å². The number of aliphatic hydroxyl groups is 1. The highest BCUT2D eigenvalue weighted by Crippen LogP contribution is 2.40. The normalized spacial score (nSPS) is 17.9. The van der Waals surface area contributed by atoms with Crippen molar-refractivity contribution in [1.29, 1.82) is 0 Å². The number of carbonyl (C=O) groups excluding carboxylic acids is 2. The molecule has 0 aliphatic carbocycles. The number of aliphatic hydroxyl groups excluding tert-OH is 1. The first kappa shape index (κ1) is 22.7. The summed E-state index contributed by atoms with van der Waals surface area (Å²) in [5, 5.41) is 11.4. The van der Waals surface area contributed by atoms with E-state index in [1.807, 2.05) is 60.8 Å². The Morgan fingerprint density at radius 1 is 1.15 bits per heavy atom. The van der Waals surface area contributed by atoms with Crippen LogP contribution in [0.5, 0.6) is 0 Å². The molecule has 1 amide bonds. The maximum atomic E-state index is 13.2. The number of nitrogens with zero attached hydrogens (tertiary/aromatic N) is 3. The Kier molecular flexibility index (Phi) is 6.33. The summed E-state index contributed by atoms with van der Waals surface area (Å²) in [4.78, 5) is 32.4. The van der Waals surface area contributed by atoms with Crippen LogP contribution in [0, 0.1) is 13.8 Å². The third kappa shape index (κ3) is 3.93. The van der Waals surface area contributed by atoms with Gasteiger partial charge in [-0.1, -0.05) is 37.3 Å². The Balaban J connectivity index is 1.88. The zero-order valence-corrected chi connectivity index (χ0v) is 19.5. The lowest BCUT2D eigenvalue weighted by atomic mass is 9.95. The van der Waals surface area contributed by atoms with E-state index in [0.717, 1.165) is 23.1 Å². The number of ether oxygens (including phenoxy) is 1. The van der Waals surface area contributed by atoms with Gasteiger partial charge in [-0.15, -0.1) is 0 Å². The van der Waals surface area contributed by atoms with Gasteiger partial charge in [-0.2, -0.15) is 0 Å². The van der Waals surface area contributed by atoms with Gasteiger partial charge in [0.25, 0.3) is 11.7 Å². The van der Waals surface area contributed by atoms with Crippen molar-refractivity contribution in [3.8, 4) is 0 Å². The van der Waals surface area contributed by atoms with Crippen LogP contribution in [0.4, 0.5) is 0 Å². The smallest absolute Gasteiger partial charge is 0.295 e. The Morgan fingerprint density at radius 3 is 2.52 bits per heavy atom. The van der Waals surface area contributed by atoms with Gasteiger partial charge in [0, 0.05) is 26.5 Å². The minimum absolute atomic E-state index is 0.0748. The van der Waals surface area contributed by atoms with E-state index in [2.05, 4.69) is 11.9 Å². The summed E-state index contributed by atoms with van der Waals surface area (Å²) in [6.45, 7) is 6.66. The first-order valence-electron chi connectivity index (χ1n) is 11.2. The number of Topliss-reactive ketones (excluding diaryl/α,β-unsaturated/α-hetero) is 1. The number of carbonyl (C=O) groups is 2. The van der Waals surface area contributed by atoms with Crippen molar-refractivity contribution in [2.45, 2.75) is 39.7 Å². The van der Waals surface area contributed by atoms with Crippen molar-refractivity contribution in [2.24, 2.45) is 0 Å². The van der Waals surface area contributed by atoms with Crippen molar-refractivity contribution >= 4 is 23.1 Å². The van der Waals surface area contributed by atoms with Gasteiger partial charge in [0.2, 0.25) is 0 Å². The number of rotatable bonds is 7. The summed E-state index contributed by atoms with van der Waals surface area (Å²) in [6, 6.07) is 11.0. The highest BCUT2D eigenvalue weighted by atomic mass is 16.5. The Labute approximate surface area is 193 Å². The molecular formula is C26H29N3O4. The molecule has 0 spiro atoms. The van der Waals surface area contributed by atoms with E-state index in [4.69, 9.17) is 4.74 Å². The van der Waals surface area contributed by atoms with Crippen molar-refractivity contribution in [1.82, 2.24) is 14.3 Å². The number of methoxy groups -OCH3 is 1. The fourth-order valence-electron chi connectivity index (χ4n) is 4.45. The number of ketones is 1. The van der Waals surface area contributed by atoms with E-state index >= 15 is 0 Å². The number of aromatic nitrogens is 2. The van der Waals surface area contributed by atoms with Gasteiger partial charge in [0.1, 0.15) is 11.3 Å². The van der Waals surface area contributed by atoms with Crippen LogP contribution in [0.3, 0.4) is 0 Å². The molecule has 1 N–H and O–H groups in total. The highest BCUT2D eigenvalue weighted by Gasteiger charge is 2.46. The molecule has 172 valence electrons. The fourth-order valence-corrected chi connectivity index (χ4v) is 4.45. The number of likely N-dealkylation sites (tertiary alicyclic amines) is 1. The number of amides is 1. The standard InChI is InChI=1S/C26H29N3O4/c1-5-18-9-11-19(12-10-18)22-20(24(31)26(32)29(22)14-7-15-33-4)23(30)21-17(3)28-13-6-8-16(2)25(28)27-21/h6,8-13,22,30H,5,7,14-15H2,1-4H3/b23-20+. The second-order valence-electron chi connectivity index (χ2n) is 8.36. The third-order valence-electron chi connectivity index (χ3n) is 6.30. The maximum Gasteiger partial charge on any atom is 0.295 e. The summed E-state index contributed by atoms with van der Waals surface area (Å²) in [5.74, 6) is -1.55. The second-order valence-corrected chi connectivity index (χ2v) is 8.36. The van der Waals surface area contributed by atoms with Crippen LogP contribution in [0.25, 0.3) is 11.4 Å². The molecule has 0 saturated carbocycles. The predicted octanol–water partition coefficient (Wildman–Crippen LogP) is 3.97. The van der Waals surface area contributed by atoms with Crippen molar-refractivity contribution in [3.63, 3.8) is 0 Å². The Hall–Kier alpha value is -3.45. The molecular weight excluding hydrogens is 418 g/mol. The van der Waals surface area contributed by atoms with Gasteiger partial charge >= 0.3 is 0 Å². The topological polar surface area (TPSA) is 84.1 Å². The lowest BCUT2D eigenvalue weighted by Crippen LogP contribution is -2.31. The van der Waals surface area contributed by atoms with E-state index in [0.29, 0.717) is 36.6 Å². The molecule has 1 unspecified atom stereocenters. The van der Waals surface area contributed by atoms with Gasteiger partial charge < -0.3 is 19.1 Å². The average Bonchev–Trinajstić information content (AvgIpc) is 3.29. The first-order chi connectivity index (χ1) is 15.9. The molecule has 33 heavy (non-hydrogen) atoms. The summed E-state index contributed by atoms with van der Waals surface area (Å²) in [6.07, 6.45) is 3.33. The minimum atomic E-state index is -0.692. The molecule has 0 radical (unpaired) electrons. The largest absolute Gasteiger partial charge is 0.505 e. The van der Waals surface area contributed by atoms with E-state index in [1.165, 1.54) is 4.90 Å². The molecule has 7 heteroatoms. The molecule has 1 fully saturated rings. The van der Waals surface area contributed by atoms with E-state index in [9.17, 15) is 14.7 Å². The fraction of sp³-hybridized carbons (Fsp3) is 0.346. The minimum Gasteiger partial charge on any atom is -0.505 e. The highest BCUT2D eigenvalue weighted by molar-refractivity contribution is 6.46. The summed E-state index contributed by atoms with van der Waals surface area (Å²) >= 11 is 0. The molecule has 1 atom stereocenters. The number of benzene rings is 1. The Morgan fingerprint density at radius 2 is 1.88 bits per heavy atom. The number of hydrogen-bond donors (Lipinski definition) is 1. The number of hydrogen-bond acceptors (Lipinski definition) is 5. The van der Waals surface area contributed by atoms with Crippen LogP contribution >= 0.6 is 0 Å². The van der Waals surface area contributed by atoms with Crippen LogP contribution in [-0.4, -0.2) is 51.3 Å². The van der Waals surface area contributed by atoms with Crippen LogP contribution in [0.2, 0.25) is 0 Å². The number of fused-ring (bicyclic) bond motifs is 1. The average molecular weight is 448 g/mol. The van der Waals surface area contributed by atoms with Crippen LogP contribution < -0.4 is 0 Å². The molecule has 2 aromatic heterocycles. The summed E-state index contributed by atoms with van der Waals surface area (Å²) < 4.78 is 7.02. The van der Waals surface area contributed by atoms with Gasteiger partial charge in [0.05, 0.1) is 17.3 Å². The molecule has 1 aromatic carbocycles. The SMILES string of the molecule is CCc1ccc(C2/C(=C(\O)c3nc4c(C)cccn4c3C)C(=O)C(=O)N2CCCOC)cc1. The van der Waals surface area contributed by atoms with Crippen molar-refractivity contribution in [3.05, 3.63) is 76.2 Å². The maximum absolute atomic E-state index is 13.2. The van der Waals surface area contributed by atoms with Gasteiger partial charge in [0.15, 0.2) is 5.76 Å². The van der Waals surface area contributed by atoms with Crippen LogP contribution in [0.1, 0.15) is 47.5 Å². The van der Waals surface area contributed by atoms with Crippen LogP contribution in [0.15, 0.2) is 48.2 Å². The number of aryl methyl sites for hydroxylation is 3. The van der Waals surface area contributed by atoms with Gasteiger partial charge in [-0.05, 0) is 49.4 Å². The third-order valence-corrected chi connectivity index (χ3v) is 6.30. The van der Waals surface area contributed by atoms with Crippen molar-refractivity contribution < 1.29 is 19.4 Å². The molecule has 1 aliphatic rings. The lowest BCUT2D eigenvalue weighted by molar-refractivity contribution is -0.140. The molecule has 1 saturated heterocycles. The van der Waals surface area contributed by atoms with E-state index in [-0.39, 0.29) is 11.3 Å². The van der Waals surface area contributed by atoms with E-state index < -0.39 is 17.7 Å². The molecule has 7 nitrogen and oxygen atoms in total. The zero-order valence-electron chi connectivity index (χ0n) is 19.5. The quantitative estimate of drug-likeness (QED) is 0.256. The Bertz CT molecular complexity index is 1240. The first-order valence-corrected chi connectivity index (χ1v) is 11.2. The predicted molar refractivity (Wildman–Crippen MR) is 126 cm³/mol. The van der Waals surface area contributed by atoms with Gasteiger partial charge in [-0.25, -0.2) is 4.98 Å². The second kappa shape index (κ2) is 9.19. The molecule has 4 rings (SSSR count). The summed E-state index contributed by atoms with van der Waals surface area (Å²) in [7, 11) is 1.60. The van der Waals surface area contributed by atoms with Crippen LogP contribution in [-0.2, 0) is 20.7 Å². The zero-order chi connectivity index (χ0) is 23.7. The monoisotopic (exact) mass is 447 g/mol. The summed E-state index contributed by atoms with van der Waals surface area (Å²) in [5.41, 5.74) is 4.68. The lowest BCUT2D eigenvalue weighted by Gasteiger charge is -2.25. The van der Waals surface area contributed by atoms with E-state index in [1.54, 1.807) is 7.11 Å². The molecule has 3 heterocycles. The molecule has 1 aliphatic heterocycles. The van der Waals surface area contributed by atoms with Crippen molar-refractivity contribution in [2.75, 3.05) is 20.3 Å². The number of pyridine rings is 1. The number of imidazole rings is 1.